The summed E-state index contributed by atoms with van der Waals surface area (Å²) < 4.78 is 15.9. The van der Waals surface area contributed by atoms with E-state index in [9.17, 15) is 4.79 Å². The zero-order chi connectivity index (χ0) is 16.6. The van der Waals surface area contributed by atoms with Crippen molar-refractivity contribution in [2.24, 2.45) is 0 Å². The van der Waals surface area contributed by atoms with Crippen molar-refractivity contribution in [3.05, 3.63) is 0 Å². The Morgan fingerprint density at radius 1 is 0.864 bits per heavy atom. The first-order valence-electron chi connectivity index (χ1n) is 8.90. The van der Waals surface area contributed by atoms with E-state index in [1.165, 1.54) is 38.5 Å². The number of unbranched alkanes of at least 4 members (excludes halogenated alkanes) is 7. The lowest BCUT2D eigenvalue weighted by Gasteiger charge is -2.17. The molecule has 0 aliphatic carbocycles. The second kappa shape index (κ2) is 15.3. The summed E-state index contributed by atoms with van der Waals surface area (Å²) in [5, 5.41) is 0. The van der Waals surface area contributed by atoms with Gasteiger partial charge in [0, 0.05) is 13.5 Å². The Hall–Kier alpha value is -0.610. The third kappa shape index (κ3) is 14.3. The van der Waals surface area contributed by atoms with Crippen molar-refractivity contribution >= 4 is 5.97 Å². The highest BCUT2D eigenvalue weighted by molar-refractivity contribution is 5.69. The van der Waals surface area contributed by atoms with Gasteiger partial charge in [-0.15, -0.1) is 0 Å². The first-order valence-corrected chi connectivity index (χ1v) is 8.90. The average molecular weight is 316 g/mol. The van der Waals surface area contributed by atoms with Crippen LogP contribution in [0, 0.1) is 0 Å². The minimum Gasteiger partial charge on any atom is -0.460 e. The highest BCUT2D eigenvalue weighted by Gasteiger charge is 2.11. The van der Waals surface area contributed by atoms with E-state index in [1.54, 1.807) is 7.11 Å². The zero-order valence-electron chi connectivity index (χ0n) is 15.1. The fourth-order valence-electron chi connectivity index (χ4n) is 2.30. The summed E-state index contributed by atoms with van der Waals surface area (Å²) in [6.45, 7) is 7.02. The summed E-state index contributed by atoms with van der Waals surface area (Å²) in [6, 6.07) is 0. The predicted molar refractivity (Wildman–Crippen MR) is 90.1 cm³/mol. The topological polar surface area (TPSA) is 44.8 Å². The van der Waals surface area contributed by atoms with Crippen molar-refractivity contribution in [2.75, 3.05) is 20.3 Å². The second-order valence-electron chi connectivity index (χ2n) is 6.12. The summed E-state index contributed by atoms with van der Waals surface area (Å²) >= 11 is 0. The van der Waals surface area contributed by atoms with Crippen molar-refractivity contribution in [3.8, 4) is 0 Å². The molecule has 4 nitrogen and oxygen atoms in total. The number of esters is 1. The molecule has 0 radical (unpaired) electrons. The number of methoxy groups -OCH3 is 1. The van der Waals surface area contributed by atoms with Crippen LogP contribution in [0.4, 0.5) is 0 Å². The van der Waals surface area contributed by atoms with Crippen LogP contribution in [-0.4, -0.2) is 38.5 Å². The molecule has 0 aliphatic heterocycles. The SMILES string of the molecule is CCCCCCCCCCC(=O)OC(C)COC(C)COC. The normalized spacial score (nSPS) is 13.8. The molecule has 0 aromatic rings. The fraction of sp³-hybridized carbons (Fsp3) is 0.944. The zero-order valence-corrected chi connectivity index (χ0v) is 15.1. The third-order valence-electron chi connectivity index (χ3n) is 3.58. The van der Waals surface area contributed by atoms with Crippen LogP contribution >= 0.6 is 0 Å². The van der Waals surface area contributed by atoms with Gasteiger partial charge in [0.15, 0.2) is 0 Å². The molecule has 0 saturated carbocycles. The number of carbonyl (C=O) groups excluding carboxylic acids is 1. The van der Waals surface area contributed by atoms with Gasteiger partial charge in [0.2, 0.25) is 0 Å². The lowest BCUT2D eigenvalue weighted by molar-refractivity contribution is -0.152. The molecule has 2 unspecified atom stereocenters. The molecule has 0 rings (SSSR count). The molecule has 22 heavy (non-hydrogen) atoms. The molecular weight excluding hydrogens is 280 g/mol. The highest BCUT2D eigenvalue weighted by Crippen LogP contribution is 2.10. The van der Waals surface area contributed by atoms with E-state index >= 15 is 0 Å². The largest absolute Gasteiger partial charge is 0.460 e. The number of rotatable bonds is 15. The number of ether oxygens (including phenoxy) is 3. The Balaban J connectivity index is 3.44. The molecule has 0 heterocycles. The van der Waals surface area contributed by atoms with Gasteiger partial charge < -0.3 is 14.2 Å². The van der Waals surface area contributed by atoms with Crippen LogP contribution in [0.5, 0.6) is 0 Å². The summed E-state index contributed by atoms with van der Waals surface area (Å²) in [5.74, 6) is -0.110. The molecule has 4 heteroatoms. The van der Waals surface area contributed by atoms with Crippen LogP contribution in [0.25, 0.3) is 0 Å². The Morgan fingerprint density at radius 3 is 2.05 bits per heavy atom. The van der Waals surface area contributed by atoms with Gasteiger partial charge in [0.25, 0.3) is 0 Å². The van der Waals surface area contributed by atoms with Crippen LogP contribution in [0.3, 0.4) is 0 Å². The molecule has 0 amide bonds. The van der Waals surface area contributed by atoms with Gasteiger partial charge in [-0.25, -0.2) is 0 Å². The van der Waals surface area contributed by atoms with Crippen LogP contribution in [0.15, 0.2) is 0 Å². The van der Waals surface area contributed by atoms with Gasteiger partial charge in [-0.1, -0.05) is 51.9 Å². The molecule has 0 fully saturated rings. The number of carbonyl (C=O) groups is 1. The van der Waals surface area contributed by atoms with E-state index in [0.717, 1.165) is 12.8 Å². The quantitative estimate of drug-likeness (QED) is 0.329. The maximum atomic E-state index is 11.7. The molecule has 0 N–H and O–H groups in total. The Morgan fingerprint density at radius 2 is 1.45 bits per heavy atom. The van der Waals surface area contributed by atoms with E-state index < -0.39 is 0 Å². The molecule has 0 saturated heterocycles. The Bertz CT molecular complexity index is 255. The summed E-state index contributed by atoms with van der Waals surface area (Å²) in [4.78, 5) is 11.7. The van der Waals surface area contributed by atoms with Gasteiger partial charge >= 0.3 is 5.97 Å². The van der Waals surface area contributed by atoms with Gasteiger partial charge in [-0.3, -0.25) is 4.79 Å². The van der Waals surface area contributed by atoms with E-state index in [-0.39, 0.29) is 18.2 Å². The lowest BCUT2D eigenvalue weighted by Crippen LogP contribution is -2.25. The minimum absolute atomic E-state index is 0.0267. The molecule has 2 atom stereocenters. The van der Waals surface area contributed by atoms with Crippen LogP contribution in [0.2, 0.25) is 0 Å². The van der Waals surface area contributed by atoms with Crippen molar-refractivity contribution in [2.45, 2.75) is 90.8 Å². The maximum absolute atomic E-state index is 11.7. The van der Waals surface area contributed by atoms with Gasteiger partial charge in [-0.05, 0) is 20.3 Å². The smallest absolute Gasteiger partial charge is 0.306 e. The Labute approximate surface area is 136 Å². The fourth-order valence-corrected chi connectivity index (χ4v) is 2.30. The molecule has 0 bridgehead atoms. The predicted octanol–water partition coefficient (Wildman–Crippen LogP) is 4.50. The van der Waals surface area contributed by atoms with Crippen LogP contribution in [-0.2, 0) is 19.0 Å². The van der Waals surface area contributed by atoms with E-state index in [0.29, 0.717) is 19.6 Å². The monoisotopic (exact) mass is 316 g/mol. The first kappa shape index (κ1) is 21.4. The van der Waals surface area contributed by atoms with Crippen LogP contribution in [0.1, 0.15) is 78.6 Å². The second-order valence-corrected chi connectivity index (χ2v) is 6.12. The van der Waals surface area contributed by atoms with Gasteiger partial charge in [0.05, 0.1) is 19.3 Å². The van der Waals surface area contributed by atoms with Crippen molar-refractivity contribution in [1.29, 1.82) is 0 Å². The molecule has 0 aromatic carbocycles. The number of hydrogen-bond donors (Lipinski definition) is 0. The van der Waals surface area contributed by atoms with Crippen molar-refractivity contribution < 1.29 is 19.0 Å². The first-order chi connectivity index (χ1) is 10.6. The average Bonchev–Trinajstić information content (AvgIpc) is 2.48. The van der Waals surface area contributed by atoms with E-state index in [4.69, 9.17) is 14.2 Å². The highest BCUT2D eigenvalue weighted by atomic mass is 16.6. The molecular formula is C18H36O4. The summed E-state index contributed by atoms with van der Waals surface area (Å²) in [7, 11) is 1.65. The summed E-state index contributed by atoms with van der Waals surface area (Å²) in [6.07, 6.45) is 10.2. The summed E-state index contributed by atoms with van der Waals surface area (Å²) in [5.41, 5.74) is 0. The van der Waals surface area contributed by atoms with Crippen molar-refractivity contribution in [3.63, 3.8) is 0 Å². The van der Waals surface area contributed by atoms with E-state index in [2.05, 4.69) is 6.92 Å². The Kier molecular flexibility index (Phi) is 14.9. The van der Waals surface area contributed by atoms with Crippen molar-refractivity contribution in [1.82, 2.24) is 0 Å². The molecule has 0 aliphatic rings. The maximum Gasteiger partial charge on any atom is 0.306 e. The number of hydrogen-bond acceptors (Lipinski definition) is 4. The minimum atomic E-state index is -0.194. The third-order valence-corrected chi connectivity index (χ3v) is 3.58. The van der Waals surface area contributed by atoms with E-state index in [1.807, 2.05) is 13.8 Å². The van der Waals surface area contributed by atoms with Crippen LogP contribution < -0.4 is 0 Å². The van der Waals surface area contributed by atoms with Gasteiger partial charge in [0.1, 0.15) is 6.10 Å². The molecule has 132 valence electrons. The lowest BCUT2D eigenvalue weighted by atomic mass is 10.1. The standard InChI is InChI=1S/C18H36O4/c1-5-6-7-8-9-10-11-12-13-18(19)22-17(3)15-21-16(2)14-20-4/h16-17H,5-15H2,1-4H3. The molecule has 0 spiro atoms. The molecule has 0 aromatic heterocycles. The van der Waals surface area contributed by atoms with Gasteiger partial charge in [-0.2, -0.15) is 0 Å².